The van der Waals surface area contributed by atoms with Crippen LogP contribution in [0.1, 0.15) is 45.7 Å². The van der Waals surface area contributed by atoms with Crippen LogP contribution in [0.2, 0.25) is 0 Å². The number of nitrogens with one attached hydrogen (secondary N) is 1. The summed E-state index contributed by atoms with van der Waals surface area (Å²) in [5, 5.41) is 2.32. The SMILES string of the molecule is CC(C)Oc1cc(N2CCC(Oc3ccc([C@H](C)NC(=O)C(C)(F)F)cc3)C2)ccn1. The van der Waals surface area contributed by atoms with Crippen molar-refractivity contribution in [3.8, 4) is 11.6 Å². The predicted octanol–water partition coefficient (Wildman–Crippen LogP) is 4.36. The van der Waals surface area contributed by atoms with Crippen LogP contribution in [0.15, 0.2) is 42.6 Å². The van der Waals surface area contributed by atoms with Gasteiger partial charge in [-0.3, -0.25) is 4.79 Å². The van der Waals surface area contributed by atoms with Crippen molar-refractivity contribution in [1.29, 1.82) is 0 Å². The lowest BCUT2D eigenvalue weighted by atomic mass is 10.1. The van der Waals surface area contributed by atoms with E-state index in [1.165, 1.54) is 0 Å². The molecule has 1 aliphatic heterocycles. The fourth-order valence-electron chi connectivity index (χ4n) is 3.39. The highest BCUT2D eigenvalue weighted by Gasteiger charge is 2.33. The summed E-state index contributed by atoms with van der Waals surface area (Å²) in [4.78, 5) is 17.9. The smallest absolute Gasteiger partial charge is 0.321 e. The molecule has 0 spiro atoms. The summed E-state index contributed by atoms with van der Waals surface area (Å²) in [5.41, 5.74) is 1.77. The zero-order chi connectivity index (χ0) is 22.6. The Hall–Kier alpha value is -2.90. The number of aromatic nitrogens is 1. The molecular formula is C23H29F2N3O3. The molecule has 31 heavy (non-hydrogen) atoms. The third kappa shape index (κ3) is 6.29. The average molecular weight is 433 g/mol. The highest BCUT2D eigenvalue weighted by molar-refractivity contribution is 5.83. The van der Waals surface area contributed by atoms with Gasteiger partial charge in [0.15, 0.2) is 0 Å². The minimum Gasteiger partial charge on any atom is -0.489 e. The second-order valence-electron chi connectivity index (χ2n) is 8.15. The van der Waals surface area contributed by atoms with Crippen LogP contribution in [-0.2, 0) is 4.79 Å². The van der Waals surface area contributed by atoms with Crippen LogP contribution in [0, 0.1) is 0 Å². The molecule has 1 aromatic heterocycles. The third-order valence-electron chi connectivity index (χ3n) is 5.01. The van der Waals surface area contributed by atoms with E-state index in [0.29, 0.717) is 18.6 Å². The van der Waals surface area contributed by atoms with Gasteiger partial charge in [0.05, 0.1) is 18.7 Å². The van der Waals surface area contributed by atoms with E-state index in [1.807, 2.05) is 26.0 Å². The van der Waals surface area contributed by atoms with E-state index in [1.54, 1.807) is 37.4 Å². The molecule has 0 radical (unpaired) electrons. The van der Waals surface area contributed by atoms with Gasteiger partial charge in [-0.15, -0.1) is 0 Å². The maximum Gasteiger partial charge on any atom is 0.321 e. The van der Waals surface area contributed by atoms with Crippen molar-refractivity contribution in [2.75, 3.05) is 18.0 Å². The molecule has 1 amide bonds. The van der Waals surface area contributed by atoms with Crippen molar-refractivity contribution in [2.24, 2.45) is 0 Å². The Morgan fingerprint density at radius 3 is 2.58 bits per heavy atom. The summed E-state index contributed by atoms with van der Waals surface area (Å²) in [6, 6.07) is 10.5. The lowest BCUT2D eigenvalue weighted by Gasteiger charge is -2.20. The number of hydrogen-bond acceptors (Lipinski definition) is 5. The fraction of sp³-hybridized carbons (Fsp3) is 0.478. The Labute approximate surface area is 181 Å². The molecule has 2 atom stereocenters. The van der Waals surface area contributed by atoms with Gasteiger partial charge >= 0.3 is 5.92 Å². The number of carbonyl (C=O) groups excluding carboxylic acids is 1. The Morgan fingerprint density at radius 1 is 1.23 bits per heavy atom. The highest BCUT2D eigenvalue weighted by atomic mass is 19.3. The maximum absolute atomic E-state index is 13.1. The summed E-state index contributed by atoms with van der Waals surface area (Å²) < 4.78 is 37.9. The predicted molar refractivity (Wildman–Crippen MR) is 115 cm³/mol. The Bertz CT molecular complexity index is 884. The maximum atomic E-state index is 13.1. The third-order valence-corrected chi connectivity index (χ3v) is 5.01. The summed E-state index contributed by atoms with van der Waals surface area (Å²) in [5.74, 6) is -3.38. The van der Waals surface area contributed by atoms with Gasteiger partial charge in [0.25, 0.3) is 5.91 Å². The Kier molecular flexibility index (Phi) is 6.97. The largest absolute Gasteiger partial charge is 0.489 e. The molecule has 0 bridgehead atoms. The molecule has 1 aliphatic rings. The standard InChI is InChI=1S/C23H29F2N3O3/c1-15(2)30-21-13-18(9-11-26-21)28-12-10-20(14-28)31-19-7-5-17(6-8-19)16(3)27-22(29)23(4,24)25/h5-9,11,13,15-16,20H,10,12,14H2,1-4H3,(H,27,29)/t16-,20?/m0/s1. The molecule has 1 fully saturated rings. The number of pyridine rings is 1. The summed E-state index contributed by atoms with van der Waals surface area (Å²) in [6.45, 7) is 7.79. The molecular weight excluding hydrogens is 404 g/mol. The molecule has 0 saturated carbocycles. The summed E-state index contributed by atoms with van der Waals surface area (Å²) >= 11 is 0. The number of halogens is 2. The number of amides is 1. The van der Waals surface area contributed by atoms with Crippen LogP contribution >= 0.6 is 0 Å². The second-order valence-corrected chi connectivity index (χ2v) is 8.15. The van der Waals surface area contributed by atoms with Crippen LogP contribution in [-0.4, -0.2) is 42.1 Å². The topological polar surface area (TPSA) is 63.7 Å². The number of ether oxygens (including phenoxy) is 2. The second kappa shape index (κ2) is 9.49. The van der Waals surface area contributed by atoms with Crippen molar-refractivity contribution in [1.82, 2.24) is 10.3 Å². The van der Waals surface area contributed by atoms with Crippen molar-refractivity contribution < 1.29 is 23.0 Å². The van der Waals surface area contributed by atoms with E-state index in [0.717, 1.165) is 30.8 Å². The minimum atomic E-state index is -3.40. The molecule has 6 nitrogen and oxygen atoms in total. The van der Waals surface area contributed by atoms with Crippen LogP contribution < -0.4 is 19.7 Å². The molecule has 1 aromatic carbocycles. The summed E-state index contributed by atoms with van der Waals surface area (Å²) in [6.07, 6.45) is 2.72. The molecule has 168 valence electrons. The molecule has 1 saturated heterocycles. The molecule has 3 rings (SSSR count). The quantitative estimate of drug-likeness (QED) is 0.670. The van der Waals surface area contributed by atoms with Crippen LogP contribution in [0.3, 0.4) is 0 Å². The Morgan fingerprint density at radius 2 is 1.94 bits per heavy atom. The number of rotatable bonds is 8. The fourth-order valence-corrected chi connectivity index (χ4v) is 3.39. The Balaban J connectivity index is 1.55. The van der Waals surface area contributed by atoms with Gasteiger partial charge in [-0.05, 0) is 44.5 Å². The van der Waals surface area contributed by atoms with Gasteiger partial charge in [0.1, 0.15) is 11.9 Å². The highest BCUT2D eigenvalue weighted by Crippen LogP contribution is 2.27. The number of alkyl halides is 2. The number of nitrogens with zero attached hydrogens (tertiary/aromatic N) is 2. The van der Waals surface area contributed by atoms with Gasteiger partial charge in [-0.25, -0.2) is 4.98 Å². The monoisotopic (exact) mass is 433 g/mol. The van der Waals surface area contributed by atoms with E-state index in [2.05, 4.69) is 15.2 Å². The first-order chi connectivity index (χ1) is 14.6. The zero-order valence-electron chi connectivity index (χ0n) is 18.3. The molecule has 8 heteroatoms. The van der Waals surface area contributed by atoms with Gasteiger partial charge in [0, 0.05) is 37.8 Å². The first kappa shape index (κ1) is 22.8. The van der Waals surface area contributed by atoms with Gasteiger partial charge in [-0.2, -0.15) is 8.78 Å². The number of anilines is 1. The van der Waals surface area contributed by atoms with E-state index in [-0.39, 0.29) is 12.2 Å². The van der Waals surface area contributed by atoms with Crippen LogP contribution in [0.5, 0.6) is 11.6 Å². The normalized spacial score (nSPS) is 17.5. The molecule has 1 N–H and O–H groups in total. The molecule has 2 aromatic rings. The lowest BCUT2D eigenvalue weighted by molar-refractivity contribution is -0.143. The van der Waals surface area contributed by atoms with Crippen LogP contribution in [0.4, 0.5) is 14.5 Å². The van der Waals surface area contributed by atoms with Crippen LogP contribution in [0.25, 0.3) is 0 Å². The number of hydrogen-bond donors (Lipinski definition) is 1. The minimum absolute atomic E-state index is 0.0318. The van der Waals surface area contributed by atoms with Crippen molar-refractivity contribution in [3.63, 3.8) is 0 Å². The van der Waals surface area contributed by atoms with E-state index in [4.69, 9.17) is 9.47 Å². The summed E-state index contributed by atoms with van der Waals surface area (Å²) in [7, 11) is 0. The van der Waals surface area contributed by atoms with E-state index >= 15 is 0 Å². The van der Waals surface area contributed by atoms with Gasteiger partial charge in [0.2, 0.25) is 5.88 Å². The van der Waals surface area contributed by atoms with E-state index < -0.39 is 17.9 Å². The first-order valence-electron chi connectivity index (χ1n) is 10.4. The first-order valence-corrected chi connectivity index (χ1v) is 10.4. The molecule has 2 heterocycles. The lowest BCUT2D eigenvalue weighted by Crippen LogP contribution is -2.39. The van der Waals surface area contributed by atoms with Gasteiger partial charge < -0.3 is 19.7 Å². The van der Waals surface area contributed by atoms with Crippen molar-refractivity contribution in [2.45, 2.75) is 58.3 Å². The zero-order valence-corrected chi connectivity index (χ0v) is 18.3. The molecule has 0 aliphatic carbocycles. The number of benzene rings is 1. The van der Waals surface area contributed by atoms with Gasteiger partial charge in [-0.1, -0.05) is 12.1 Å². The van der Waals surface area contributed by atoms with Crippen molar-refractivity contribution >= 4 is 11.6 Å². The van der Waals surface area contributed by atoms with Crippen molar-refractivity contribution in [3.05, 3.63) is 48.2 Å². The average Bonchev–Trinajstić information content (AvgIpc) is 3.16. The molecule has 1 unspecified atom stereocenters. The van der Waals surface area contributed by atoms with E-state index in [9.17, 15) is 13.6 Å². The number of carbonyl (C=O) groups is 1.